The summed E-state index contributed by atoms with van der Waals surface area (Å²) in [4.78, 5) is 37.0. The van der Waals surface area contributed by atoms with Gasteiger partial charge in [-0.15, -0.1) is 0 Å². The summed E-state index contributed by atoms with van der Waals surface area (Å²) < 4.78 is 4.92. The number of imide groups is 1. The van der Waals surface area contributed by atoms with Crippen LogP contribution in [0, 0.1) is 0 Å². The lowest BCUT2D eigenvalue weighted by Crippen LogP contribution is -2.43. The number of carbonyl (C=O) groups is 3. The van der Waals surface area contributed by atoms with E-state index in [0.29, 0.717) is 17.4 Å². The smallest absolute Gasteiger partial charge is 0.338 e. The number of esters is 1. The lowest BCUT2D eigenvalue weighted by molar-refractivity contribution is -0.157. The highest BCUT2D eigenvalue weighted by Crippen LogP contribution is 2.22. The van der Waals surface area contributed by atoms with Crippen LogP contribution in [-0.4, -0.2) is 57.7 Å². The molecule has 1 heterocycles. The zero-order valence-electron chi connectivity index (χ0n) is 14.2. The minimum atomic E-state index is -1.50. The first-order chi connectivity index (χ1) is 11.8. The molecule has 0 spiro atoms. The topological polar surface area (TPSA) is 110 Å². The van der Waals surface area contributed by atoms with Gasteiger partial charge >= 0.3 is 5.97 Å². The molecule has 2 amide bonds. The van der Waals surface area contributed by atoms with Gasteiger partial charge in [-0.25, -0.2) is 9.69 Å². The standard InChI is InChI=1S/C17H22N2O5S/c1-10(2)25-8-7-13(18)14(20)17(23)24-9-19-15(21)11-5-3-4-6-12(11)16(19)22/h3-6,10,13-14,20H,7-9,18H2,1-2H3/t13-,14+/m1/s1. The second-order valence-corrected chi connectivity index (χ2v) is 7.68. The number of amides is 2. The molecular weight excluding hydrogens is 344 g/mol. The second kappa shape index (κ2) is 8.46. The van der Waals surface area contributed by atoms with Crippen LogP contribution in [0.4, 0.5) is 0 Å². The van der Waals surface area contributed by atoms with Crippen LogP contribution >= 0.6 is 11.8 Å². The first-order valence-corrected chi connectivity index (χ1v) is 9.05. The summed E-state index contributed by atoms with van der Waals surface area (Å²) in [5.74, 6) is -1.29. The van der Waals surface area contributed by atoms with Crippen molar-refractivity contribution in [3.8, 4) is 0 Å². The molecule has 0 radical (unpaired) electrons. The quantitative estimate of drug-likeness (QED) is 0.522. The predicted octanol–water partition coefficient (Wildman–Crippen LogP) is 1.00. The number of nitrogens with zero attached hydrogens (tertiary/aromatic N) is 1. The second-order valence-electron chi connectivity index (χ2n) is 5.99. The van der Waals surface area contributed by atoms with Crippen LogP contribution in [0.2, 0.25) is 0 Å². The third-order valence-electron chi connectivity index (χ3n) is 3.76. The lowest BCUT2D eigenvalue weighted by atomic mass is 10.1. The van der Waals surface area contributed by atoms with Crippen LogP contribution in [0.5, 0.6) is 0 Å². The van der Waals surface area contributed by atoms with E-state index in [4.69, 9.17) is 10.5 Å². The zero-order chi connectivity index (χ0) is 18.6. The highest BCUT2D eigenvalue weighted by atomic mass is 32.2. The monoisotopic (exact) mass is 366 g/mol. The van der Waals surface area contributed by atoms with Gasteiger partial charge in [-0.1, -0.05) is 26.0 Å². The molecular formula is C17H22N2O5S. The van der Waals surface area contributed by atoms with Gasteiger partial charge in [0.2, 0.25) is 0 Å². The molecule has 25 heavy (non-hydrogen) atoms. The molecule has 0 aromatic heterocycles. The SMILES string of the molecule is CC(C)SCC[C@@H](N)[C@H](O)C(=O)OCN1C(=O)c2ccccc2C1=O. The fraction of sp³-hybridized carbons (Fsp3) is 0.471. The highest BCUT2D eigenvalue weighted by molar-refractivity contribution is 7.99. The summed E-state index contributed by atoms with van der Waals surface area (Å²) in [6.45, 7) is 3.54. The normalized spacial score (nSPS) is 16.1. The summed E-state index contributed by atoms with van der Waals surface area (Å²) in [5.41, 5.74) is 6.34. The summed E-state index contributed by atoms with van der Waals surface area (Å²) in [6.07, 6.45) is -1.05. The molecule has 1 aromatic carbocycles. The Balaban J connectivity index is 1.86. The van der Waals surface area contributed by atoms with Crippen molar-refractivity contribution in [1.82, 2.24) is 4.90 Å². The van der Waals surface area contributed by atoms with Crippen molar-refractivity contribution in [2.45, 2.75) is 37.7 Å². The van der Waals surface area contributed by atoms with Gasteiger partial charge in [0, 0.05) is 6.04 Å². The third kappa shape index (κ3) is 4.59. The number of thioether (sulfide) groups is 1. The summed E-state index contributed by atoms with van der Waals surface area (Å²) in [7, 11) is 0. The Morgan fingerprint density at radius 2 is 1.80 bits per heavy atom. The summed E-state index contributed by atoms with van der Waals surface area (Å²) in [6, 6.07) is 5.61. The first kappa shape index (κ1) is 19.4. The molecule has 1 aliphatic rings. The number of aliphatic hydroxyl groups excluding tert-OH is 1. The van der Waals surface area contributed by atoms with E-state index in [1.165, 1.54) is 12.1 Å². The Morgan fingerprint density at radius 1 is 1.24 bits per heavy atom. The molecule has 0 saturated carbocycles. The number of rotatable bonds is 8. The van der Waals surface area contributed by atoms with E-state index in [0.717, 1.165) is 4.90 Å². The molecule has 2 atom stereocenters. The molecule has 7 nitrogen and oxygen atoms in total. The number of benzene rings is 1. The number of aliphatic hydroxyl groups is 1. The van der Waals surface area contributed by atoms with Crippen LogP contribution in [-0.2, 0) is 9.53 Å². The van der Waals surface area contributed by atoms with Gasteiger partial charge in [0.15, 0.2) is 12.8 Å². The largest absolute Gasteiger partial charge is 0.442 e. The highest BCUT2D eigenvalue weighted by Gasteiger charge is 2.36. The van der Waals surface area contributed by atoms with Crippen molar-refractivity contribution in [2.24, 2.45) is 5.73 Å². The van der Waals surface area contributed by atoms with Crippen molar-refractivity contribution in [3.05, 3.63) is 35.4 Å². The molecule has 8 heteroatoms. The number of nitrogens with two attached hydrogens (primary N) is 1. The van der Waals surface area contributed by atoms with Gasteiger partial charge < -0.3 is 15.6 Å². The number of hydrogen-bond donors (Lipinski definition) is 2. The molecule has 0 bridgehead atoms. The Kier molecular flexibility index (Phi) is 6.57. The molecule has 1 aromatic rings. The average molecular weight is 366 g/mol. The van der Waals surface area contributed by atoms with Crippen molar-refractivity contribution in [3.63, 3.8) is 0 Å². The maximum atomic E-state index is 12.2. The van der Waals surface area contributed by atoms with E-state index in [9.17, 15) is 19.5 Å². The van der Waals surface area contributed by atoms with Crippen LogP contribution < -0.4 is 5.73 Å². The Morgan fingerprint density at radius 3 is 2.32 bits per heavy atom. The molecule has 0 saturated heterocycles. The van der Waals surface area contributed by atoms with Gasteiger partial charge in [0.25, 0.3) is 11.8 Å². The molecule has 136 valence electrons. The number of hydrogen-bond acceptors (Lipinski definition) is 7. The van der Waals surface area contributed by atoms with E-state index < -0.39 is 36.7 Å². The Bertz CT molecular complexity index is 629. The number of carbonyl (C=O) groups excluding carboxylic acids is 3. The maximum absolute atomic E-state index is 12.2. The fourth-order valence-electron chi connectivity index (χ4n) is 2.34. The molecule has 0 unspecified atom stereocenters. The van der Waals surface area contributed by atoms with Gasteiger partial charge in [0.05, 0.1) is 11.1 Å². The Labute approximate surface area is 150 Å². The molecule has 1 aliphatic heterocycles. The van der Waals surface area contributed by atoms with Crippen LogP contribution in [0.1, 0.15) is 41.0 Å². The average Bonchev–Trinajstić information content (AvgIpc) is 2.83. The minimum Gasteiger partial charge on any atom is -0.442 e. The first-order valence-electron chi connectivity index (χ1n) is 8.00. The molecule has 3 N–H and O–H groups in total. The van der Waals surface area contributed by atoms with E-state index in [-0.39, 0.29) is 11.1 Å². The van der Waals surface area contributed by atoms with Gasteiger partial charge in [0.1, 0.15) is 0 Å². The summed E-state index contributed by atoms with van der Waals surface area (Å²) >= 11 is 1.68. The molecule has 0 fully saturated rings. The van der Waals surface area contributed by atoms with Crippen molar-refractivity contribution in [1.29, 1.82) is 0 Å². The van der Waals surface area contributed by atoms with Gasteiger partial charge in [-0.05, 0) is 29.6 Å². The van der Waals surface area contributed by atoms with Crippen LogP contribution in [0.15, 0.2) is 24.3 Å². The number of ether oxygens (including phenoxy) is 1. The van der Waals surface area contributed by atoms with Gasteiger partial charge in [-0.2, -0.15) is 11.8 Å². The van der Waals surface area contributed by atoms with Gasteiger partial charge in [-0.3, -0.25) is 9.59 Å². The minimum absolute atomic E-state index is 0.270. The van der Waals surface area contributed by atoms with Crippen LogP contribution in [0.25, 0.3) is 0 Å². The third-order valence-corrected chi connectivity index (χ3v) is 4.90. The van der Waals surface area contributed by atoms with E-state index in [2.05, 4.69) is 0 Å². The van der Waals surface area contributed by atoms with E-state index >= 15 is 0 Å². The van der Waals surface area contributed by atoms with Crippen molar-refractivity contribution in [2.75, 3.05) is 12.5 Å². The summed E-state index contributed by atoms with van der Waals surface area (Å²) in [5, 5.41) is 10.4. The predicted molar refractivity (Wildman–Crippen MR) is 94.1 cm³/mol. The Hall–Kier alpha value is -1.90. The van der Waals surface area contributed by atoms with Crippen molar-refractivity contribution < 1.29 is 24.2 Å². The lowest BCUT2D eigenvalue weighted by Gasteiger charge is -2.20. The number of fused-ring (bicyclic) bond motifs is 1. The molecule has 0 aliphatic carbocycles. The maximum Gasteiger partial charge on any atom is 0.338 e. The molecule has 2 rings (SSSR count). The zero-order valence-corrected chi connectivity index (χ0v) is 15.0. The van der Waals surface area contributed by atoms with Crippen LogP contribution in [0.3, 0.4) is 0 Å². The fourth-order valence-corrected chi connectivity index (χ4v) is 3.22. The van der Waals surface area contributed by atoms with E-state index in [1.807, 2.05) is 13.8 Å². The van der Waals surface area contributed by atoms with E-state index in [1.54, 1.807) is 23.9 Å². The van der Waals surface area contributed by atoms with Crippen molar-refractivity contribution >= 4 is 29.5 Å².